The number of fused-ring (bicyclic) bond motifs is 2. The summed E-state index contributed by atoms with van der Waals surface area (Å²) < 4.78 is 11.8. The molecule has 4 unspecified atom stereocenters. The van der Waals surface area contributed by atoms with E-state index in [-0.39, 0.29) is 15.6 Å². The summed E-state index contributed by atoms with van der Waals surface area (Å²) in [5.74, 6) is -2.45. The fraction of sp³-hybridized carbons (Fsp3) is 0.474. The fourth-order valence-corrected chi connectivity index (χ4v) is 4.93. The van der Waals surface area contributed by atoms with E-state index in [1.807, 2.05) is 19.1 Å². The second-order valence-electron chi connectivity index (χ2n) is 6.87. The van der Waals surface area contributed by atoms with Crippen molar-refractivity contribution in [3.63, 3.8) is 0 Å². The lowest BCUT2D eigenvalue weighted by molar-refractivity contribution is -0.273. The van der Waals surface area contributed by atoms with Crippen molar-refractivity contribution in [2.75, 3.05) is 0 Å². The molecule has 4 atom stereocenters. The Bertz CT molecular complexity index is 910. The van der Waals surface area contributed by atoms with E-state index in [1.165, 1.54) is 0 Å². The molecule has 3 rings (SSSR count). The molecule has 2 saturated heterocycles. The van der Waals surface area contributed by atoms with Crippen LogP contribution in [0, 0.1) is 56.2 Å². The molecule has 2 aliphatic rings. The van der Waals surface area contributed by atoms with Gasteiger partial charge < -0.3 is 9.47 Å². The molecule has 0 aliphatic carbocycles. The van der Waals surface area contributed by atoms with Gasteiger partial charge in [0.25, 0.3) is 0 Å². The van der Waals surface area contributed by atoms with Crippen LogP contribution >= 0.6 is 23.2 Å². The number of hydrogen-bond donors (Lipinski definition) is 1. The first-order valence-corrected chi connectivity index (χ1v) is 9.17. The summed E-state index contributed by atoms with van der Waals surface area (Å²) in [6.45, 7) is 3.53. The number of halogens is 2. The van der Waals surface area contributed by atoms with Gasteiger partial charge in [-0.05, 0) is 18.6 Å². The Balaban J connectivity index is 2.38. The van der Waals surface area contributed by atoms with Gasteiger partial charge in [0.1, 0.15) is 6.10 Å². The Labute approximate surface area is 167 Å². The minimum atomic E-state index is -2.05. The van der Waals surface area contributed by atoms with E-state index < -0.39 is 34.5 Å². The van der Waals surface area contributed by atoms with Crippen LogP contribution in [0.3, 0.4) is 0 Å². The molecule has 2 heterocycles. The van der Waals surface area contributed by atoms with Gasteiger partial charge in [0.15, 0.2) is 5.41 Å². The molecule has 0 radical (unpaired) electrons. The van der Waals surface area contributed by atoms with Crippen molar-refractivity contribution in [2.24, 2.45) is 16.7 Å². The van der Waals surface area contributed by atoms with Gasteiger partial charge in [-0.1, -0.05) is 42.6 Å². The summed E-state index contributed by atoms with van der Waals surface area (Å²) in [6, 6.07) is 10.8. The summed E-state index contributed by atoms with van der Waals surface area (Å²) in [7, 11) is 0. The van der Waals surface area contributed by atoms with Crippen LogP contribution in [0.15, 0.2) is 18.2 Å². The SMILES string of the molecule is CCCC1C2(C)OC(=N)C1(C#N)C(C#N)(C#N)C(c1c(Cl)cccc1Cl)O2. The average molecular weight is 403 g/mol. The van der Waals surface area contributed by atoms with Crippen LogP contribution in [-0.4, -0.2) is 11.7 Å². The second-order valence-corrected chi connectivity index (χ2v) is 7.69. The van der Waals surface area contributed by atoms with Crippen LogP contribution in [0.5, 0.6) is 0 Å². The lowest BCUT2D eigenvalue weighted by Gasteiger charge is -2.49. The van der Waals surface area contributed by atoms with E-state index in [0.717, 1.165) is 0 Å². The fourth-order valence-electron chi connectivity index (χ4n) is 4.33. The van der Waals surface area contributed by atoms with Gasteiger partial charge in [-0.15, -0.1) is 0 Å². The van der Waals surface area contributed by atoms with Gasteiger partial charge in [-0.2, -0.15) is 15.8 Å². The maximum Gasteiger partial charge on any atom is 0.214 e. The minimum absolute atomic E-state index is 0.207. The van der Waals surface area contributed by atoms with Gasteiger partial charge in [0, 0.05) is 22.5 Å². The molecule has 1 aromatic rings. The maximum atomic E-state index is 10.2. The van der Waals surface area contributed by atoms with Crippen molar-refractivity contribution in [1.82, 2.24) is 0 Å². The van der Waals surface area contributed by atoms with E-state index in [1.54, 1.807) is 25.1 Å². The number of nitrogens with zero attached hydrogens (tertiary/aromatic N) is 3. The molecule has 1 N–H and O–H groups in total. The molecule has 2 fully saturated rings. The topological polar surface area (TPSA) is 114 Å². The zero-order chi connectivity index (χ0) is 20.0. The van der Waals surface area contributed by atoms with E-state index >= 15 is 0 Å². The standard InChI is InChI=1S/C19H16Cl2N4O2/c1-3-5-13-17(2)26-15(14-11(20)6-4-7-12(14)21)18(8-22,9-23)19(13,10-24)16(25)27-17/h4,6-7,13,15,25H,3,5H2,1-2H3. The number of benzene rings is 1. The Morgan fingerprint density at radius 1 is 1.15 bits per heavy atom. The normalized spacial score (nSPS) is 33.4. The van der Waals surface area contributed by atoms with Gasteiger partial charge in [-0.25, -0.2) is 0 Å². The molecule has 2 aliphatic heterocycles. The summed E-state index contributed by atoms with van der Waals surface area (Å²) in [4.78, 5) is 0. The van der Waals surface area contributed by atoms with Crippen molar-refractivity contribution in [1.29, 1.82) is 21.2 Å². The maximum absolute atomic E-state index is 10.2. The Kier molecular flexibility index (Phi) is 4.61. The number of hydrogen-bond acceptors (Lipinski definition) is 6. The largest absolute Gasteiger partial charge is 0.448 e. The zero-order valence-electron chi connectivity index (χ0n) is 14.7. The average Bonchev–Trinajstić information content (AvgIpc) is 2.79. The van der Waals surface area contributed by atoms with Gasteiger partial charge in [0.05, 0.1) is 24.1 Å². The second kappa shape index (κ2) is 6.39. The van der Waals surface area contributed by atoms with Crippen LogP contribution in [-0.2, 0) is 9.47 Å². The van der Waals surface area contributed by atoms with Crippen molar-refractivity contribution in [3.8, 4) is 18.2 Å². The molecule has 0 amide bonds. The quantitative estimate of drug-likeness (QED) is 0.782. The molecule has 1 aromatic carbocycles. The molecule has 0 saturated carbocycles. The third-order valence-electron chi connectivity index (χ3n) is 5.55. The first-order valence-electron chi connectivity index (χ1n) is 8.41. The van der Waals surface area contributed by atoms with Crippen LogP contribution in [0.4, 0.5) is 0 Å². The molecule has 6 nitrogen and oxygen atoms in total. The van der Waals surface area contributed by atoms with E-state index in [0.29, 0.717) is 12.8 Å². The third kappa shape index (κ3) is 2.23. The molecule has 8 heteroatoms. The lowest BCUT2D eigenvalue weighted by Crippen LogP contribution is -2.58. The molecule has 27 heavy (non-hydrogen) atoms. The highest BCUT2D eigenvalue weighted by molar-refractivity contribution is 6.36. The predicted octanol–water partition coefficient (Wildman–Crippen LogP) is 4.75. The van der Waals surface area contributed by atoms with Crippen molar-refractivity contribution >= 4 is 29.1 Å². The van der Waals surface area contributed by atoms with Crippen molar-refractivity contribution < 1.29 is 9.47 Å². The van der Waals surface area contributed by atoms with Crippen LogP contribution in [0.1, 0.15) is 38.4 Å². The number of ether oxygens (including phenoxy) is 2. The molecular formula is C19H16Cl2N4O2. The Morgan fingerprint density at radius 2 is 1.74 bits per heavy atom. The van der Waals surface area contributed by atoms with E-state index in [2.05, 4.69) is 6.07 Å². The molecule has 2 bridgehead atoms. The van der Waals surface area contributed by atoms with Crippen LogP contribution < -0.4 is 0 Å². The lowest BCUT2D eigenvalue weighted by atomic mass is 9.53. The van der Waals surface area contributed by atoms with E-state index in [9.17, 15) is 15.8 Å². The zero-order valence-corrected chi connectivity index (χ0v) is 16.2. The first kappa shape index (κ1) is 19.5. The highest BCUT2D eigenvalue weighted by Gasteiger charge is 2.79. The summed E-state index contributed by atoms with van der Waals surface area (Å²) in [5, 5.41) is 39.2. The monoisotopic (exact) mass is 402 g/mol. The first-order chi connectivity index (χ1) is 12.8. The van der Waals surface area contributed by atoms with Gasteiger partial charge >= 0.3 is 0 Å². The van der Waals surface area contributed by atoms with Crippen molar-refractivity contribution in [2.45, 2.75) is 38.6 Å². The number of rotatable bonds is 3. The Morgan fingerprint density at radius 3 is 2.22 bits per heavy atom. The summed E-state index contributed by atoms with van der Waals surface area (Å²) in [5.41, 5.74) is -3.61. The number of nitriles is 3. The summed E-state index contributed by atoms with van der Waals surface area (Å²) >= 11 is 12.7. The molecule has 138 valence electrons. The molecule has 0 aromatic heterocycles. The van der Waals surface area contributed by atoms with Crippen LogP contribution in [0.2, 0.25) is 10.0 Å². The highest BCUT2D eigenvalue weighted by Crippen LogP contribution is 2.68. The summed E-state index contributed by atoms with van der Waals surface area (Å²) in [6.07, 6.45) is -0.149. The van der Waals surface area contributed by atoms with Gasteiger partial charge in [0.2, 0.25) is 17.1 Å². The molecule has 0 spiro atoms. The third-order valence-corrected chi connectivity index (χ3v) is 6.21. The van der Waals surface area contributed by atoms with Crippen molar-refractivity contribution in [3.05, 3.63) is 33.8 Å². The smallest absolute Gasteiger partial charge is 0.214 e. The highest BCUT2D eigenvalue weighted by atomic mass is 35.5. The molecular weight excluding hydrogens is 387 g/mol. The number of nitrogens with one attached hydrogen (secondary N) is 1. The minimum Gasteiger partial charge on any atom is -0.448 e. The van der Waals surface area contributed by atoms with E-state index in [4.69, 9.17) is 38.1 Å². The Hall–Kier alpha value is -2.30. The van der Waals surface area contributed by atoms with Gasteiger partial charge in [-0.3, -0.25) is 5.41 Å². The van der Waals surface area contributed by atoms with Crippen LogP contribution in [0.25, 0.3) is 0 Å². The predicted molar refractivity (Wildman–Crippen MR) is 97.6 cm³/mol.